The van der Waals surface area contributed by atoms with Crippen LogP contribution in [0, 0.1) is 5.82 Å². The molecule has 0 saturated carbocycles. The molecule has 44 heavy (non-hydrogen) atoms. The van der Waals surface area contributed by atoms with Gasteiger partial charge in [0, 0.05) is 29.7 Å². The van der Waals surface area contributed by atoms with Gasteiger partial charge in [0.1, 0.15) is 24.1 Å². The van der Waals surface area contributed by atoms with Crippen molar-refractivity contribution in [2.45, 2.75) is 39.2 Å². The normalized spacial score (nSPS) is 11.8. The number of carbonyl (C=O) groups excluding carboxylic acids is 1. The molecule has 0 radical (unpaired) electrons. The number of hydrogen-bond donors (Lipinski definition) is 1. The molecule has 1 N–H and O–H groups in total. The topological polar surface area (TPSA) is 113 Å². The van der Waals surface area contributed by atoms with Crippen molar-refractivity contribution in [2.75, 3.05) is 11.9 Å². The van der Waals surface area contributed by atoms with Gasteiger partial charge in [-0.3, -0.25) is 5.32 Å². The summed E-state index contributed by atoms with van der Waals surface area (Å²) in [5, 5.41) is 2.42. The van der Waals surface area contributed by atoms with Crippen LogP contribution in [0.2, 0.25) is 0 Å². The summed E-state index contributed by atoms with van der Waals surface area (Å²) < 4.78 is 71.8. The molecular formula is C30H26F4N6O4. The Morgan fingerprint density at radius 3 is 2.32 bits per heavy atom. The lowest BCUT2D eigenvalue weighted by Crippen LogP contribution is -2.27. The van der Waals surface area contributed by atoms with E-state index in [-0.39, 0.29) is 40.9 Å². The number of halogens is 4. The largest absolute Gasteiger partial charge is 0.486 e. The van der Waals surface area contributed by atoms with E-state index in [4.69, 9.17) is 14.2 Å². The van der Waals surface area contributed by atoms with Gasteiger partial charge in [-0.05, 0) is 44.5 Å². The monoisotopic (exact) mass is 610 g/mol. The summed E-state index contributed by atoms with van der Waals surface area (Å²) in [6.45, 7) is 3.63. The molecule has 3 aromatic heterocycles. The van der Waals surface area contributed by atoms with Crippen molar-refractivity contribution >= 4 is 23.1 Å². The third-order valence-electron chi connectivity index (χ3n) is 5.90. The van der Waals surface area contributed by atoms with Gasteiger partial charge in [-0.15, -0.1) is 0 Å². The van der Waals surface area contributed by atoms with Gasteiger partial charge in [-0.1, -0.05) is 30.3 Å². The first-order valence-electron chi connectivity index (χ1n) is 13.2. The second-order valence-electron chi connectivity index (χ2n) is 10.5. The Morgan fingerprint density at radius 2 is 1.66 bits per heavy atom. The van der Waals surface area contributed by atoms with E-state index in [1.54, 1.807) is 26.8 Å². The Bertz CT molecular complexity index is 1770. The van der Waals surface area contributed by atoms with Crippen LogP contribution in [0.15, 0.2) is 73.3 Å². The minimum Gasteiger partial charge on any atom is -0.486 e. The summed E-state index contributed by atoms with van der Waals surface area (Å²) in [7, 11) is 0. The van der Waals surface area contributed by atoms with Crippen LogP contribution in [0.25, 0.3) is 28.0 Å². The molecule has 0 aliphatic carbocycles. The molecule has 0 unspecified atom stereocenters. The molecule has 3 heterocycles. The van der Waals surface area contributed by atoms with Crippen molar-refractivity contribution in [3.05, 3.63) is 84.7 Å². The molecule has 0 saturated heterocycles. The lowest BCUT2D eigenvalue weighted by Gasteiger charge is -2.19. The van der Waals surface area contributed by atoms with Gasteiger partial charge in [0.25, 0.3) is 0 Å². The molecule has 0 atom stereocenters. The number of nitrogens with one attached hydrogen (secondary N) is 1. The highest BCUT2D eigenvalue weighted by Crippen LogP contribution is 2.36. The van der Waals surface area contributed by atoms with Crippen molar-refractivity contribution in [1.82, 2.24) is 24.5 Å². The highest BCUT2D eigenvalue weighted by Gasteiger charge is 2.30. The molecule has 5 rings (SSSR count). The maximum atomic E-state index is 15.3. The highest BCUT2D eigenvalue weighted by molar-refractivity contribution is 5.89. The van der Waals surface area contributed by atoms with E-state index >= 15 is 4.39 Å². The SMILES string of the molecule is CC(C)(C)OC(=O)Nc1ncc(-c2cc3ncnc(OCC(F)(F)F)c3n2-c2ccc(OCc3ccccc3)c(F)c2)cn1. The van der Waals surface area contributed by atoms with Crippen LogP contribution in [0.3, 0.4) is 0 Å². The minimum atomic E-state index is -4.63. The number of aromatic nitrogens is 5. The predicted molar refractivity (Wildman–Crippen MR) is 152 cm³/mol. The number of anilines is 1. The second-order valence-corrected chi connectivity index (χ2v) is 10.5. The fraction of sp³-hybridized carbons (Fsp3) is 0.233. The minimum absolute atomic E-state index is 0.0266. The second kappa shape index (κ2) is 12.1. The number of nitrogens with zero attached hydrogens (tertiary/aromatic N) is 5. The van der Waals surface area contributed by atoms with Crippen LogP contribution < -0.4 is 14.8 Å². The zero-order chi connectivity index (χ0) is 31.5. The molecular weight excluding hydrogens is 584 g/mol. The number of alkyl halides is 3. The lowest BCUT2D eigenvalue weighted by molar-refractivity contribution is -0.153. The van der Waals surface area contributed by atoms with E-state index in [1.165, 1.54) is 35.2 Å². The van der Waals surface area contributed by atoms with Crippen LogP contribution in [0.5, 0.6) is 11.6 Å². The van der Waals surface area contributed by atoms with Crippen molar-refractivity contribution in [3.63, 3.8) is 0 Å². The standard InChI is InChI=1S/C30H26F4N6O4/c1-29(2,3)44-28(41)39-27-35-13-19(14-36-27)23-12-22-25(26(38-17-37-22)43-16-30(32,33)34)40(23)20-9-10-24(21(31)11-20)42-15-18-7-5-4-6-8-18/h4-14,17H,15-16H2,1-3H3,(H,35,36,39,41). The number of hydrogen-bond acceptors (Lipinski definition) is 8. The molecule has 228 valence electrons. The van der Waals surface area contributed by atoms with Gasteiger partial charge >= 0.3 is 12.3 Å². The molecule has 0 bridgehead atoms. The van der Waals surface area contributed by atoms with Crippen LogP contribution in [-0.4, -0.2) is 49.0 Å². The van der Waals surface area contributed by atoms with Gasteiger partial charge < -0.3 is 18.8 Å². The van der Waals surface area contributed by atoms with E-state index in [2.05, 4.69) is 25.3 Å². The van der Waals surface area contributed by atoms with Crippen LogP contribution >= 0.6 is 0 Å². The smallest absolute Gasteiger partial charge is 0.422 e. The van der Waals surface area contributed by atoms with Gasteiger partial charge in [-0.25, -0.2) is 24.1 Å². The fourth-order valence-electron chi connectivity index (χ4n) is 4.14. The predicted octanol–water partition coefficient (Wildman–Crippen LogP) is 6.88. The van der Waals surface area contributed by atoms with Crippen molar-refractivity contribution in [1.29, 1.82) is 0 Å². The third kappa shape index (κ3) is 7.38. The first kappa shape index (κ1) is 30.2. The quantitative estimate of drug-likeness (QED) is 0.189. The van der Waals surface area contributed by atoms with Crippen molar-refractivity contribution in [3.8, 4) is 28.6 Å². The Hall–Kier alpha value is -5.27. The first-order valence-corrected chi connectivity index (χ1v) is 13.2. The fourth-order valence-corrected chi connectivity index (χ4v) is 4.14. The van der Waals surface area contributed by atoms with E-state index < -0.39 is 30.3 Å². The summed E-state index contributed by atoms with van der Waals surface area (Å²) in [6, 6.07) is 14.9. The van der Waals surface area contributed by atoms with Crippen LogP contribution in [0.1, 0.15) is 26.3 Å². The summed E-state index contributed by atoms with van der Waals surface area (Å²) in [6.07, 6.45) is -1.57. The maximum Gasteiger partial charge on any atom is 0.422 e. The molecule has 14 heteroatoms. The summed E-state index contributed by atoms with van der Waals surface area (Å²) >= 11 is 0. The van der Waals surface area contributed by atoms with Crippen molar-refractivity contribution < 1.29 is 36.6 Å². The number of fused-ring (bicyclic) bond motifs is 1. The zero-order valence-electron chi connectivity index (χ0n) is 23.7. The molecule has 0 aliphatic rings. The first-order chi connectivity index (χ1) is 20.9. The van der Waals surface area contributed by atoms with E-state index in [1.807, 2.05) is 30.3 Å². The Kier molecular flexibility index (Phi) is 8.34. The Morgan fingerprint density at radius 1 is 0.932 bits per heavy atom. The lowest BCUT2D eigenvalue weighted by atomic mass is 10.2. The van der Waals surface area contributed by atoms with E-state index in [0.29, 0.717) is 11.3 Å². The number of carbonyl (C=O) groups is 1. The summed E-state index contributed by atoms with van der Waals surface area (Å²) in [5.74, 6) is -1.16. The maximum absolute atomic E-state index is 15.3. The average molecular weight is 611 g/mol. The van der Waals surface area contributed by atoms with Gasteiger partial charge in [0.05, 0.1) is 11.2 Å². The molecule has 0 aliphatic heterocycles. The number of rotatable bonds is 8. The molecule has 1 amide bonds. The van der Waals surface area contributed by atoms with E-state index in [0.717, 1.165) is 11.9 Å². The van der Waals surface area contributed by atoms with Crippen LogP contribution in [-0.2, 0) is 11.3 Å². The highest BCUT2D eigenvalue weighted by atomic mass is 19.4. The Labute approximate surface area is 248 Å². The zero-order valence-corrected chi connectivity index (χ0v) is 23.7. The average Bonchev–Trinajstić information content (AvgIpc) is 3.35. The molecule has 10 nitrogen and oxygen atoms in total. The number of benzene rings is 2. The molecule has 2 aromatic carbocycles. The van der Waals surface area contributed by atoms with Gasteiger partial charge in [-0.2, -0.15) is 18.2 Å². The van der Waals surface area contributed by atoms with E-state index in [9.17, 15) is 18.0 Å². The van der Waals surface area contributed by atoms with Crippen molar-refractivity contribution in [2.24, 2.45) is 0 Å². The van der Waals surface area contributed by atoms with Crippen LogP contribution in [0.4, 0.5) is 28.3 Å². The van der Waals surface area contributed by atoms with Gasteiger partial charge in [0.15, 0.2) is 18.2 Å². The third-order valence-corrected chi connectivity index (χ3v) is 5.90. The summed E-state index contributed by atoms with van der Waals surface area (Å²) in [4.78, 5) is 28.5. The molecule has 0 spiro atoms. The molecule has 0 fully saturated rings. The number of amides is 1. The van der Waals surface area contributed by atoms with Gasteiger partial charge in [0.2, 0.25) is 11.8 Å². The summed E-state index contributed by atoms with van der Waals surface area (Å²) in [5.41, 5.74) is 1.27. The molecule has 5 aromatic rings. The Balaban J connectivity index is 1.54. The number of ether oxygens (including phenoxy) is 3.